The molecule has 124 valence electrons. The van der Waals surface area contributed by atoms with Crippen molar-refractivity contribution in [2.75, 3.05) is 17.0 Å². The maximum Gasteiger partial charge on any atom is 0.233 e. The summed E-state index contributed by atoms with van der Waals surface area (Å²) in [6, 6.07) is 11.3. The van der Waals surface area contributed by atoms with Gasteiger partial charge in [0, 0.05) is 27.0 Å². The molecule has 0 radical (unpaired) electrons. The van der Waals surface area contributed by atoms with Gasteiger partial charge in [-0.15, -0.1) is 0 Å². The van der Waals surface area contributed by atoms with Gasteiger partial charge in [0.2, 0.25) is 10.0 Å². The van der Waals surface area contributed by atoms with Crippen LogP contribution in [0.1, 0.15) is 11.1 Å². The van der Waals surface area contributed by atoms with Crippen molar-refractivity contribution in [1.29, 1.82) is 0 Å². The summed E-state index contributed by atoms with van der Waals surface area (Å²) >= 11 is 7.53. The van der Waals surface area contributed by atoms with E-state index in [0.717, 1.165) is 20.9 Å². The molecule has 0 aromatic heterocycles. The molecule has 0 saturated heterocycles. The van der Waals surface area contributed by atoms with E-state index in [9.17, 15) is 8.42 Å². The van der Waals surface area contributed by atoms with Gasteiger partial charge in [0.1, 0.15) is 0 Å². The lowest BCUT2D eigenvalue weighted by Crippen LogP contribution is -2.22. The molecular weight excluding hydrogens is 352 g/mol. The van der Waals surface area contributed by atoms with Gasteiger partial charge in [0.15, 0.2) is 0 Å². The number of aryl methyl sites for hydroxylation is 2. The summed E-state index contributed by atoms with van der Waals surface area (Å²) in [5.41, 5.74) is 7.90. The highest BCUT2D eigenvalue weighted by molar-refractivity contribution is 7.99. The number of hydrogen-bond acceptors (Lipinski definition) is 4. The highest BCUT2D eigenvalue weighted by Gasteiger charge is 2.12. The minimum absolute atomic E-state index is 0.0909. The molecule has 0 bridgehead atoms. The van der Waals surface area contributed by atoms with Crippen LogP contribution in [0.25, 0.3) is 0 Å². The number of benzene rings is 2. The van der Waals surface area contributed by atoms with Gasteiger partial charge in [-0.2, -0.15) is 0 Å². The van der Waals surface area contributed by atoms with Gasteiger partial charge in [0.05, 0.1) is 5.75 Å². The van der Waals surface area contributed by atoms with Crippen molar-refractivity contribution in [3.63, 3.8) is 0 Å². The third-order valence-electron chi connectivity index (χ3n) is 3.15. The van der Waals surface area contributed by atoms with E-state index in [0.29, 0.717) is 10.7 Å². The van der Waals surface area contributed by atoms with Crippen LogP contribution in [0.4, 0.5) is 5.69 Å². The zero-order valence-electron chi connectivity index (χ0n) is 13.0. The van der Waals surface area contributed by atoms with Crippen molar-refractivity contribution in [3.05, 3.63) is 52.5 Å². The predicted octanol–water partition coefficient (Wildman–Crippen LogP) is 3.81. The molecule has 0 atom stereocenters. The molecule has 0 aliphatic carbocycles. The standard InChI is InChI=1S/C16H19ClN2O2S2/c1-11-9-14(19-23(20,21)8-7-18)10-12(2)16(11)22-15-5-3-13(17)4-6-15/h3-6,9-10,19H,7-8,18H2,1-2H3. The van der Waals surface area contributed by atoms with E-state index in [1.807, 2.05) is 50.2 Å². The van der Waals surface area contributed by atoms with Crippen LogP contribution in [0, 0.1) is 13.8 Å². The second kappa shape index (κ2) is 7.57. The Kier molecular flexibility index (Phi) is 5.97. The zero-order valence-corrected chi connectivity index (χ0v) is 15.4. The Morgan fingerprint density at radius 1 is 1.13 bits per heavy atom. The van der Waals surface area contributed by atoms with Gasteiger partial charge in [-0.3, -0.25) is 4.72 Å². The quantitative estimate of drug-likeness (QED) is 0.811. The third kappa shape index (κ3) is 5.14. The molecule has 3 N–H and O–H groups in total. The van der Waals surface area contributed by atoms with Gasteiger partial charge in [0.25, 0.3) is 0 Å². The fraction of sp³-hybridized carbons (Fsp3) is 0.250. The molecule has 0 heterocycles. The Hall–Kier alpha value is -1.21. The number of hydrogen-bond donors (Lipinski definition) is 2. The average Bonchev–Trinajstić information content (AvgIpc) is 2.44. The van der Waals surface area contributed by atoms with Crippen LogP contribution in [0.15, 0.2) is 46.2 Å². The Morgan fingerprint density at radius 2 is 1.70 bits per heavy atom. The molecule has 2 rings (SSSR count). The van der Waals surface area contributed by atoms with Crippen LogP contribution in [-0.2, 0) is 10.0 Å². The molecule has 4 nitrogen and oxygen atoms in total. The topological polar surface area (TPSA) is 72.2 Å². The van der Waals surface area contributed by atoms with Crippen molar-refractivity contribution >= 4 is 39.1 Å². The molecule has 2 aromatic carbocycles. The van der Waals surface area contributed by atoms with E-state index in [2.05, 4.69) is 4.72 Å². The van der Waals surface area contributed by atoms with E-state index in [1.54, 1.807) is 11.8 Å². The van der Waals surface area contributed by atoms with E-state index >= 15 is 0 Å². The van der Waals surface area contributed by atoms with E-state index < -0.39 is 10.0 Å². The molecule has 0 unspecified atom stereocenters. The fourth-order valence-electron chi connectivity index (χ4n) is 2.18. The number of halogens is 1. The second-order valence-corrected chi connectivity index (χ2v) is 8.57. The number of rotatable bonds is 6. The van der Waals surface area contributed by atoms with Crippen molar-refractivity contribution < 1.29 is 8.42 Å². The summed E-state index contributed by atoms with van der Waals surface area (Å²) < 4.78 is 26.2. The summed E-state index contributed by atoms with van der Waals surface area (Å²) in [4.78, 5) is 2.19. The lowest BCUT2D eigenvalue weighted by molar-refractivity contribution is 0.601. The molecule has 0 spiro atoms. The summed E-state index contributed by atoms with van der Waals surface area (Å²) in [5.74, 6) is -0.0909. The summed E-state index contributed by atoms with van der Waals surface area (Å²) in [5, 5.41) is 0.701. The van der Waals surface area contributed by atoms with E-state index in [1.165, 1.54) is 0 Å². The molecule has 0 aliphatic heterocycles. The number of sulfonamides is 1. The van der Waals surface area contributed by atoms with Gasteiger partial charge >= 0.3 is 0 Å². The molecule has 0 aliphatic rings. The summed E-state index contributed by atoms with van der Waals surface area (Å²) in [7, 11) is -3.39. The predicted molar refractivity (Wildman–Crippen MR) is 98.0 cm³/mol. The minimum Gasteiger partial charge on any atom is -0.329 e. The SMILES string of the molecule is Cc1cc(NS(=O)(=O)CCN)cc(C)c1Sc1ccc(Cl)cc1. The minimum atomic E-state index is -3.39. The highest BCUT2D eigenvalue weighted by atomic mass is 35.5. The molecular formula is C16H19ClN2O2S2. The summed E-state index contributed by atoms with van der Waals surface area (Å²) in [6.07, 6.45) is 0. The first-order valence-electron chi connectivity index (χ1n) is 7.06. The van der Waals surface area contributed by atoms with Gasteiger partial charge in [-0.1, -0.05) is 23.4 Å². The Labute approximate surface area is 146 Å². The lowest BCUT2D eigenvalue weighted by atomic mass is 10.1. The highest BCUT2D eigenvalue weighted by Crippen LogP contribution is 2.35. The van der Waals surface area contributed by atoms with Crippen molar-refractivity contribution in [1.82, 2.24) is 0 Å². The Morgan fingerprint density at radius 3 is 2.22 bits per heavy atom. The second-order valence-electron chi connectivity index (χ2n) is 5.20. The number of anilines is 1. The van der Waals surface area contributed by atoms with Gasteiger partial charge in [-0.25, -0.2) is 8.42 Å². The molecule has 7 heteroatoms. The first-order valence-corrected chi connectivity index (χ1v) is 9.90. The van der Waals surface area contributed by atoms with Crippen LogP contribution in [0.3, 0.4) is 0 Å². The normalized spacial score (nSPS) is 11.5. The van der Waals surface area contributed by atoms with E-state index in [4.69, 9.17) is 17.3 Å². The van der Waals surface area contributed by atoms with Crippen molar-refractivity contribution in [2.24, 2.45) is 5.73 Å². The first kappa shape index (κ1) is 18.1. The van der Waals surface area contributed by atoms with Crippen molar-refractivity contribution in [2.45, 2.75) is 23.6 Å². The smallest absolute Gasteiger partial charge is 0.233 e. The van der Waals surface area contributed by atoms with Crippen LogP contribution in [-0.4, -0.2) is 20.7 Å². The maximum absolute atomic E-state index is 11.8. The number of nitrogens with one attached hydrogen (secondary N) is 1. The van der Waals surface area contributed by atoms with Crippen LogP contribution in [0.5, 0.6) is 0 Å². The monoisotopic (exact) mass is 370 g/mol. The Bertz CT molecular complexity index is 767. The van der Waals surface area contributed by atoms with Gasteiger partial charge in [-0.05, 0) is 61.4 Å². The fourth-order valence-corrected chi connectivity index (χ4v) is 4.14. The van der Waals surface area contributed by atoms with Crippen LogP contribution < -0.4 is 10.5 Å². The van der Waals surface area contributed by atoms with Crippen molar-refractivity contribution in [3.8, 4) is 0 Å². The zero-order chi connectivity index (χ0) is 17.0. The maximum atomic E-state index is 11.8. The Balaban J connectivity index is 2.25. The molecule has 2 aromatic rings. The molecule has 0 fully saturated rings. The van der Waals surface area contributed by atoms with Gasteiger partial charge < -0.3 is 5.73 Å². The van der Waals surface area contributed by atoms with Crippen LogP contribution in [0.2, 0.25) is 5.02 Å². The average molecular weight is 371 g/mol. The lowest BCUT2D eigenvalue weighted by Gasteiger charge is -2.14. The molecule has 0 saturated carbocycles. The van der Waals surface area contributed by atoms with Crippen LogP contribution >= 0.6 is 23.4 Å². The molecule has 0 amide bonds. The molecule has 23 heavy (non-hydrogen) atoms. The third-order valence-corrected chi connectivity index (χ3v) is 6.08. The number of nitrogens with two attached hydrogens (primary N) is 1. The van der Waals surface area contributed by atoms with E-state index in [-0.39, 0.29) is 12.3 Å². The summed E-state index contributed by atoms with van der Waals surface area (Å²) in [6.45, 7) is 4.02. The first-order chi connectivity index (χ1) is 10.8. The largest absolute Gasteiger partial charge is 0.329 e.